The fraction of sp³-hybridized carbons (Fsp3) is 0.154. The van der Waals surface area contributed by atoms with Crippen molar-refractivity contribution in [2.24, 2.45) is 0 Å². The van der Waals surface area contributed by atoms with Gasteiger partial charge < -0.3 is 18.8 Å². The first-order valence-corrected chi connectivity index (χ1v) is 10.3. The number of rotatable bonds is 8. The van der Waals surface area contributed by atoms with Gasteiger partial charge >= 0.3 is 0 Å². The Balaban J connectivity index is 1.44. The quantitative estimate of drug-likeness (QED) is 0.387. The van der Waals surface area contributed by atoms with Gasteiger partial charge in [0, 0.05) is 18.2 Å². The van der Waals surface area contributed by atoms with E-state index in [0.29, 0.717) is 35.9 Å². The summed E-state index contributed by atoms with van der Waals surface area (Å²) >= 11 is 0. The van der Waals surface area contributed by atoms with Crippen molar-refractivity contribution in [3.8, 4) is 34.3 Å². The van der Waals surface area contributed by atoms with Crippen LogP contribution in [0.1, 0.15) is 10.4 Å². The molecule has 1 aromatic heterocycles. The van der Waals surface area contributed by atoms with Crippen LogP contribution >= 0.6 is 0 Å². The predicted octanol–water partition coefficient (Wildman–Crippen LogP) is 5.17. The zero-order chi connectivity index (χ0) is 22.3. The number of carbonyl (C=O) groups is 1. The molecule has 0 aliphatic heterocycles. The van der Waals surface area contributed by atoms with Gasteiger partial charge in [0.25, 0.3) is 5.91 Å². The number of amides is 1. The Kier molecular flexibility index (Phi) is 6.51. The summed E-state index contributed by atoms with van der Waals surface area (Å²) in [6.07, 6.45) is 1.68. The topological polar surface area (TPSA) is 64.8 Å². The molecule has 1 heterocycles. The zero-order valence-corrected chi connectivity index (χ0v) is 18.0. The lowest BCUT2D eigenvalue weighted by Crippen LogP contribution is -2.31. The largest absolute Gasteiger partial charge is 0.497 e. The summed E-state index contributed by atoms with van der Waals surface area (Å²) in [5.74, 6) is 2.43. The monoisotopic (exact) mass is 428 g/mol. The molecule has 0 aliphatic rings. The van der Waals surface area contributed by atoms with Crippen molar-refractivity contribution in [3.63, 3.8) is 0 Å². The molecule has 3 aromatic carbocycles. The van der Waals surface area contributed by atoms with Gasteiger partial charge in [-0.05, 0) is 36.4 Å². The van der Waals surface area contributed by atoms with E-state index in [1.807, 2.05) is 72.8 Å². The van der Waals surface area contributed by atoms with E-state index in [0.717, 1.165) is 17.1 Å². The molecular weight excluding hydrogens is 404 g/mol. The van der Waals surface area contributed by atoms with Crippen LogP contribution in [-0.4, -0.2) is 43.1 Å². The van der Waals surface area contributed by atoms with Gasteiger partial charge in [-0.25, -0.2) is 4.98 Å². The highest BCUT2D eigenvalue weighted by molar-refractivity contribution is 5.99. The molecular formula is C26H24N2O4. The van der Waals surface area contributed by atoms with Crippen molar-refractivity contribution in [1.29, 1.82) is 0 Å². The fourth-order valence-electron chi connectivity index (χ4n) is 3.27. The molecule has 162 valence electrons. The normalized spacial score (nSPS) is 10.6. The third-order valence-electron chi connectivity index (χ3n) is 5.05. The highest BCUT2D eigenvalue weighted by Crippen LogP contribution is 2.28. The minimum Gasteiger partial charge on any atom is -0.497 e. The minimum atomic E-state index is -0.126. The van der Waals surface area contributed by atoms with E-state index in [1.165, 1.54) is 0 Å². The molecule has 0 saturated carbocycles. The number of carbonyl (C=O) groups excluding carboxylic acids is 1. The standard InChI is InChI=1S/C26H24N2O4/c1-28(16-17-31-21-14-12-20(30-2)13-15-21)26(29)23-11-7-6-10-22(23)25-27-18-24(32-25)19-8-4-3-5-9-19/h3-15,18H,16-17H2,1-2H3. The van der Waals surface area contributed by atoms with Crippen LogP contribution in [0.3, 0.4) is 0 Å². The second-order valence-corrected chi connectivity index (χ2v) is 7.19. The lowest BCUT2D eigenvalue weighted by Gasteiger charge is -2.18. The van der Waals surface area contributed by atoms with E-state index in [9.17, 15) is 4.79 Å². The number of nitrogens with zero attached hydrogens (tertiary/aromatic N) is 2. The molecule has 4 aromatic rings. The average Bonchev–Trinajstić information content (AvgIpc) is 3.35. The molecule has 4 rings (SSSR count). The molecule has 0 N–H and O–H groups in total. The molecule has 32 heavy (non-hydrogen) atoms. The average molecular weight is 428 g/mol. The molecule has 0 atom stereocenters. The van der Waals surface area contributed by atoms with Gasteiger partial charge in [-0.15, -0.1) is 0 Å². The Morgan fingerprint density at radius 2 is 1.62 bits per heavy atom. The van der Waals surface area contributed by atoms with E-state index in [-0.39, 0.29) is 5.91 Å². The Hall–Kier alpha value is -4.06. The molecule has 0 aliphatic carbocycles. The summed E-state index contributed by atoms with van der Waals surface area (Å²) in [4.78, 5) is 19.2. The van der Waals surface area contributed by atoms with Crippen LogP contribution in [-0.2, 0) is 0 Å². The number of hydrogen-bond donors (Lipinski definition) is 0. The summed E-state index contributed by atoms with van der Waals surface area (Å²) < 4.78 is 16.9. The van der Waals surface area contributed by atoms with Crippen molar-refractivity contribution in [2.75, 3.05) is 27.3 Å². The SMILES string of the molecule is COc1ccc(OCCN(C)C(=O)c2ccccc2-c2ncc(-c3ccccc3)o2)cc1. The molecule has 6 heteroatoms. The van der Waals surface area contributed by atoms with Gasteiger partial charge in [0.05, 0.1) is 25.4 Å². The number of ether oxygens (including phenoxy) is 2. The molecule has 1 amide bonds. The summed E-state index contributed by atoms with van der Waals surface area (Å²) in [6.45, 7) is 0.800. The Morgan fingerprint density at radius 3 is 2.38 bits per heavy atom. The first-order chi connectivity index (χ1) is 15.7. The van der Waals surface area contributed by atoms with Gasteiger partial charge in [0.2, 0.25) is 5.89 Å². The van der Waals surface area contributed by atoms with Crippen LogP contribution in [0.15, 0.2) is 89.5 Å². The Labute approximate surface area is 187 Å². The maximum atomic E-state index is 13.1. The maximum Gasteiger partial charge on any atom is 0.254 e. The zero-order valence-electron chi connectivity index (χ0n) is 18.0. The molecule has 0 radical (unpaired) electrons. The molecule has 0 fully saturated rings. The fourth-order valence-corrected chi connectivity index (χ4v) is 3.27. The van der Waals surface area contributed by atoms with Gasteiger partial charge in [0.15, 0.2) is 5.76 Å². The first-order valence-electron chi connectivity index (χ1n) is 10.3. The summed E-state index contributed by atoms with van der Waals surface area (Å²) in [5, 5.41) is 0. The third kappa shape index (κ3) is 4.81. The molecule has 0 saturated heterocycles. The van der Waals surface area contributed by atoms with Crippen molar-refractivity contribution >= 4 is 5.91 Å². The number of oxazole rings is 1. The summed E-state index contributed by atoms with van der Waals surface area (Å²) in [6, 6.07) is 24.4. The number of aromatic nitrogens is 1. The molecule has 6 nitrogen and oxygen atoms in total. The van der Waals surface area contributed by atoms with Gasteiger partial charge in [-0.3, -0.25) is 4.79 Å². The number of likely N-dealkylation sites (N-methyl/N-ethyl adjacent to an activating group) is 1. The molecule has 0 spiro atoms. The van der Waals surface area contributed by atoms with Crippen molar-refractivity contribution in [1.82, 2.24) is 9.88 Å². The van der Waals surface area contributed by atoms with Gasteiger partial charge in [-0.2, -0.15) is 0 Å². The number of benzene rings is 3. The summed E-state index contributed by atoms with van der Waals surface area (Å²) in [5.41, 5.74) is 2.12. The predicted molar refractivity (Wildman–Crippen MR) is 123 cm³/mol. The number of hydrogen-bond acceptors (Lipinski definition) is 5. The lowest BCUT2D eigenvalue weighted by molar-refractivity contribution is 0.0774. The van der Waals surface area contributed by atoms with Crippen LogP contribution in [0, 0.1) is 0 Å². The van der Waals surface area contributed by atoms with E-state index in [4.69, 9.17) is 13.9 Å². The van der Waals surface area contributed by atoms with E-state index >= 15 is 0 Å². The smallest absolute Gasteiger partial charge is 0.254 e. The van der Waals surface area contributed by atoms with E-state index in [1.54, 1.807) is 31.3 Å². The van der Waals surface area contributed by atoms with Crippen LogP contribution in [0.4, 0.5) is 0 Å². The second-order valence-electron chi connectivity index (χ2n) is 7.19. The van der Waals surface area contributed by atoms with E-state index in [2.05, 4.69) is 4.98 Å². The first kappa shape index (κ1) is 21.2. The van der Waals surface area contributed by atoms with Crippen LogP contribution in [0.25, 0.3) is 22.8 Å². The van der Waals surface area contributed by atoms with Crippen LogP contribution < -0.4 is 9.47 Å². The van der Waals surface area contributed by atoms with Crippen molar-refractivity contribution in [2.45, 2.75) is 0 Å². The van der Waals surface area contributed by atoms with E-state index < -0.39 is 0 Å². The van der Waals surface area contributed by atoms with Gasteiger partial charge in [0.1, 0.15) is 18.1 Å². The lowest BCUT2D eigenvalue weighted by atomic mass is 10.1. The molecule has 0 unspecified atom stereocenters. The minimum absolute atomic E-state index is 0.126. The summed E-state index contributed by atoms with van der Waals surface area (Å²) in [7, 11) is 3.37. The van der Waals surface area contributed by atoms with Crippen LogP contribution in [0.5, 0.6) is 11.5 Å². The van der Waals surface area contributed by atoms with Gasteiger partial charge in [-0.1, -0.05) is 42.5 Å². The molecule has 0 bridgehead atoms. The highest BCUT2D eigenvalue weighted by atomic mass is 16.5. The number of methoxy groups -OCH3 is 1. The Bertz CT molecular complexity index is 1170. The van der Waals surface area contributed by atoms with Crippen LogP contribution in [0.2, 0.25) is 0 Å². The Morgan fingerprint density at radius 1 is 0.938 bits per heavy atom. The maximum absolute atomic E-state index is 13.1. The van der Waals surface area contributed by atoms with Crippen molar-refractivity contribution in [3.05, 3.63) is 90.6 Å². The third-order valence-corrected chi connectivity index (χ3v) is 5.05. The van der Waals surface area contributed by atoms with Crippen molar-refractivity contribution < 1.29 is 18.7 Å². The highest BCUT2D eigenvalue weighted by Gasteiger charge is 2.19. The second kappa shape index (κ2) is 9.83.